The van der Waals surface area contributed by atoms with Crippen LogP contribution >= 0.6 is 15.9 Å². The fourth-order valence-electron chi connectivity index (χ4n) is 1.94. The zero-order valence-corrected chi connectivity index (χ0v) is 13.4. The van der Waals surface area contributed by atoms with Crippen LogP contribution in [0, 0.1) is 5.82 Å². The second kappa shape index (κ2) is 8.01. The van der Waals surface area contributed by atoms with Crippen molar-refractivity contribution in [2.75, 3.05) is 6.54 Å². The lowest BCUT2D eigenvalue weighted by molar-refractivity contribution is -0.0498. The average Bonchev–Trinajstić information content (AvgIpc) is 2.47. The van der Waals surface area contributed by atoms with Gasteiger partial charge >= 0.3 is 6.61 Å². The topological polar surface area (TPSA) is 38.3 Å². The maximum Gasteiger partial charge on any atom is 0.387 e. The largest absolute Gasteiger partial charge is 0.435 e. The Labute approximate surface area is 139 Å². The number of halogens is 4. The van der Waals surface area contributed by atoms with Crippen LogP contribution in [-0.2, 0) is 6.42 Å². The standard InChI is InChI=1S/C16H13BrF3NO2/c17-12-7-11(8-13(18)9-12)15(22)21-6-5-10-1-3-14(4-2-10)23-16(19)20/h1-4,7-9,16H,5-6H2,(H,21,22). The highest BCUT2D eigenvalue weighted by molar-refractivity contribution is 9.10. The molecule has 0 radical (unpaired) electrons. The summed E-state index contributed by atoms with van der Waals surface area (Å²) in [6, 6.07) is 10.1. The van der Waals surface area contributed by atoms with E-state index in [4.69, 9.17) is 0 Å². The number of amides is 1. The lowest BCUT2D eigenvalue weighted by Gasteiger charge is -2.08. The number of nitrogens with one attached hydrogen (secondary N) is 1. The number of ether oxygens (including phenoxy) is 1. The van der Waals surface area contributed by atoms with Gasteiger partial charge in [0, 0.05) is 16.6 Å². The number of hydrogen-bond donors (Lipinski definition) is 1. The molecule has 1 N–H and O–H groups in total. The molecule has 1 amide bonds. The second-order valence-electron chi connectivity index (χ2n) is 4.69. The molecular formula is C16H13BrF3NO2. The van der Waals surface area contributed by atoms with Crippen molar-refractivity contribution in [3.8, 4) is 5.75 Å². The van der Waals surface area contributed by atoms with E-state index in [0.29, 0.717) is 17.4 Å². The predicted octanol–water partition coefficient (Wildman–Crippen LogP) is 4.16. The number of alkyl halides is 2. The Kier molecular flexibility index (Phi) is 6.04. The van der Waals surface area contributed by atoms with Gasteiger partial charge in [0.2, 0.25) is 0 Å². The molecule has 0 aliphatic heterocycles. The van der Waals surface area contributed by atoms with Crippen molar-refractivity contribution < 1.29 is 22.7 Å². The quantitative estimate of drug-likeness (QED) is 0.807. The molecule has 7 heteroatoms. The number of hydrogen-bond acceptors (Lipinski definition) is 2. The van der Waals surface area contributed by atoms with E-state index in [1.807, 2.05) is 0 Å². The summed E-state index contributed by atoms with van der Waals surface area (Å²) < 4.78 is 42.0. The van der Waals surface area contributed by atoms with Gasteiger partial charge in [-0.25, -0.2) is 4.39 Å². The zero-order chi connectivity index (χ0) is 16.8. The van der Waals surface area contributed by atoms with Gasteiger partial charge in [-0.3, -0.25) is 4.79 Å². The van der Waals surface area contributed by atoms with Gasteiger partial charge in [0.05, 0.1) is 0 Å². The smallest absolute Gasteiger partial charge is 0.387 e. The van der Waals surface area contributed by atoms with Crippen LogP contribution in [0.4, 0.5) is 13.2 Å². The minimum Gasteiger partial charge on any atom is -0.435 e. The molecule has 0 fully saturated rings. The molecule has 0 spiro atoms. The Bertz CT molecular complexity index is 657. The molecule has 0 bridgehead atoms. The SMILES string of the molecule is O=C(NCCc1ccc(OC(F)F)cc1)c1cc(F)cc(Br)c1. The van der Waals surface area contributed by atoms with Gasteiger partial charge in [-0.2, -0.15) is 8.78 Å². The first kappa shape index (κ1) is 17.3. The lowest BCUT2D eigenvalue weighted by atomic mass is 10.1. The van der Waals surface area contributed by atoms with E-state index in [0.717, 1.165) is 11.6 Å². The summed E-state index contributed by atoms with van der Waals surface area (Å²) in [4.78, 5) is 11.9. The third-order valence-electron chi connectivity index (χ3n) is 2.97. The third-order valence-corrected chi connectivity index (χ3v) is 3.43. The molecule has 2 aromatic rings. The first-order valence-electron chi connectivity index (χ1n) is 6.72. The summed E-state index contributed by atoms with van der Waals surface area (Å²) >= 11 is 3.12. The van der Waals surface area contributed by atoms with Crippen molar-refractivity contribution in [3.05, 3.63) is 63.9 Å². The minimum atomic E-state index is -2.86. The fraction of sp³-hybridized carbons (Fsp3) is 0.188. The molecular weight excluding hydrogens is 375 g/mol. The first-order chi connectivity index (χ1) is 10.9. The molecule has 0 aromatic heterocycles. The van der Waals surface area contributed by atoms with Crippen LogP contribution in [0.25, 0.3) is 0 Å². The molecule has 0 saturated heterocycles. The van der Waals surface area contributed by atoms with E-state index in [2.05, 4.69) is 26.0 Å². The van der Waals surface area contributed by atoms with E-state index in [1.54, 1.807) is 12.1 Å². The molecule has 2 aromatic carbocycles. The molecule has 0 atom stereocenters. The van der Waals surface area contributed by atoms with Gasteiger partial charge in [-0.15, -0.1) is 0 Å². The lowest BCUT2D eigenvalue weighted by Crippen LogP contribution is -2.25. The van der Waals surface area contributed by atoms with Gasteiger partial charge < -0.3 is 10.1 Å². The van der Waals surface area contributed by atoms with Crippen LogP contribution in [-0.4, -0.2) is 19.1 Å². The van der Waals surface area contributed by atoms with Crippen molar-refractivity contribution in [3.63, 3.8) is 0 Å². The van der Waals surface area contributed by atoms with E-state index in [9.17, 15) is 18.0 Å². The van der Waals surface area contributed by atoms with Gasteiger partial charge in [-0.05, 0) is 42.3 Å². The summed E-state index contributed by atoms with van der Waals surface area (Å²) in [5.41, 5.74) is 1.07. The van der Waals surface area contributed by atoms with Crippen LogP contribution in [0.1, 0.15) is 15.9 Å². The maximum absolute atomic E-state index is 13.2. The molecule has 2 rings (SSSR count). The highest BCUT2D eigenvalue weighted by Gasteiger charge is 2.08. The Balaban J connectivity index is 1.85. The Hall–Kier alpha value is -2.02. The van der Waals surface area contributed by atoms with Crippen LogP contribution in [0.2, 0.25) is 0 Å². The molecule has 0 saturated carbocycles. The minimum absolute atomic E-state index is 0.0809. The second-order valence-corrected chi connectivity index (χ2v) is 5.60. The van der Waals surface area contributed by atoms with Crippen molar-refractivity contribution in [1.29, 1.82) is 0 Å². The Morgan fingerprint density at radius 2 is 1.87 bits per heavy atom. The van der Waals surface area contributed by atoms with Crippen molar-refractivity contribution in [2.24, 2.45) is 0 Å². The highest BCUT2D eigenvalue weighted by Crippen LogP contribution is 2.16. The Morgan fingerprint density at radius 3 is 2.48 bits per heavy atom. The number of carbonyl (C=O) groups is 1. The summed E-state index contributed by atoms with van der Waals surface area (Å²) in [6.07, 6.45) is 0.511. The summed E-state index contributed by atoms with van der Waals surface area (Å²) in [6.45, 7) is -2.52. The zero-order valence-electron chi connectivity index (χ0n) is 11.9. The molecule has 3 nitrogen and oxygen atoms in total. The molecule has 23 heavy (non-hydrogen) atoms. The van der Waals surface area contributed by atoms with Gasteiger partial charge in [0.25, 0.3) is 5.91 Å². The third kappa shape index (κ3) is 5.59. The highest BCUT2D eigenvalue weighted by atomic mass is 79.9. The van der Waals surface area contributed by atoms with Crippen LogP contribution < -0.4 is 10.1 Å². The van der Waals surface area contributed by atoms with Crippen LogP contribution in [0.3, 0.4) is 0 Å². The van der Waals surface area contributed by atoms with Gasteiger partial charge in [-0.1, -0.05) is 28.1 Å². The van der Waals surface area contributed by atoms with E-state index in [1.165, 1.54) is 24.3 Å². The molecule has 0 heterocycles. The van der Waals surface area contributed by atoms with Gasteiger partial charge in [0.1, 0.15) is 11.6 Å². The monoisotopic (exact) mass is 387 g/mol. The average molecular weight is 388 g/mol. The fourth-order valence-corrected chi connectivity index (χ4v) is 2.41. The van der Waals surface area contributed by atoms with E-state index >= 15 is 0 Å². The Morgan fingerprint density at radius 1 is 1.17 bits per heavy atom. The van der Waals surface area contributed by atoms with Crippen molar-refractivity contribution in [1.82, 2.24) is 5.32 Å². The summed E-state index contributed by atoms with van der Waals surface area (Å²) in [7, 11) is 0. The summed E-state index contributed by atoms with van der Waals surface area (Å²) in [5.74, 6) is -0.806. The molecule has 122 valence electrons. The predicted molar refractivity (Wildman–Crippen MR) is 83.2 cm³/mol. The molecule has 0 unspecified atom stereocenters. The first-order valence-corrected chi connectivity index (χ1v) is 7.51. The number of rotatable bonds is 6. The number of benzene rings is 2. The van der Waals surface area contributed by atoms with Crippen molar-refractivity contribution in [2.45, 2.75) is 13.0 Å². The molecule has 0 aliphatic carbocycles. The van der Waals surface area contributed by atoms with E-state index in [-0.39, 0.29) is 17.2 Å². The van der Waals surface area contributed by atoms with Gasteiger partial charge in [0.15, 0.2) is 0 Å². The normalized spacial score (nSPS) is 10.7. The summed E-state index contributed by atoms with van der Waals surface area (Å²) in [5, 5.41) is 2.67. The van der Waals surface area contributed by atoms with Crippen LogP contribution in [0.5, 0.6) is 5.75 Å². The van der Waals surface area contributed by atoms with E-state index < -0.39 is 12.4 Å². The van der Waals surface area contributed by atoms with Crippen molar-refractivity contribution >= 4 is 21.8 Å². The van der Waals surface area contributed by atoms with Crippen LogP contribution in [0.15, 0.2) is 46.9 Å². The maximum atomic E-state index is 13.2. The molecule has 0 aliphatic rings. The number of carbonyl (C=O) groups excluding carboxylic acids is 1.